The third kappa shape index (κ3) is 8.20. The summed E-state index contributed by atoms with van der Waals surface area (Å²) in [6.45, 7) is 0.639. The number of ether oxygens (including phenoxy) is 1. The molecule has 3 aromatic rings. The lowest BCUT2D eigenvalue weighted by molar-refractivity contribution is -0.274. The van der Waals surface area contributed by atoms with Gasteiger partial charge in [0.15, 0.2) is 5.75 Å². The van der Waals surface area contributed by atoms with Crippen LogP contribution in [0.3, 0.4) is 0 Å². The quantitative estimate of drug-likeness (QED) is 0.195. The predicted molar refractivity (Wildman–Crippen MR) is 150 cm³/mol. The second-order valence-electron chi connectivity index (χ2n) is 9.91. The van der Waals surface area contributed by atoms with Gasteiger partial charge >= 0.3 is 12.5 Å². The van der Waals surface area contributed by atoms with Crippen LogP contribution in [0.1, 0.15) is 16.9 Å². The molecule has 42 heavy (non-hydrogen) atoms. The molecular weight excluding hydrogens is 609 g/mol. The van der Waals surface area contributed by atoms with E-state index in [1.807, 2.05) is 11.9 Å². The molecule has 3 atom stereocenters. The number of alkyl halides is 7. The Hall–Kier alpha value is -3.22. The van der Waals surface area contributed by atoms with Gasteiger partial charge < -0.3 is 20.3 Å². The highest BCUT2D eigenvalue weighted by atomic mass is 32.2. The van der Waals surface area contributed by atoms with Gasteiger partial charge in [-0.1, -0.05) is 24.0 Å². The summed E-state index contributed by atoms with van der Waals surface area (Å²) in [6.07, 6.45) is -10.4. The number of hydrogen-bond acceptors (Lipinski definition) is 7. The number of nitrogens with one attached hydrogen (secondary N) is 3. The normalized spacial score (nSPS) is 19.5. The van der Waals surface area contributed by atoms with Crippen molar-refractivity contribution in [2.24, 2.45) is 0 Å². The molecule has 6 nitrogen and oxygen atoms in total. The van der Waals surface area contributed by atoms with Gasteiger partial charge in [-0.3, -0.25) is 0 Å². The van der Waals surface area contributed by atoms with E-state index in [4.69, 9.17) is 4.78 Å². The van der Waals surface area contributed by atoms with Crippen molar-refractivity contribution in [1.82, 2.24) is 4.90 Å². The first-order valence-corrected chi connectivity index (χ1v) is 15.3. The molecule has 1 fully saturated rings. The van der Waals surface area contributed by atoms with Crippen LogP contribution in [0.25, 0.3) is 10.1 Å². The highest BCUT2D eigenvalue weighted by Crippen LogP contribution is 2.40. The zero-order valence-electron chi connectivity index (χ0n) is 22.4. The minimum Gasteiger partial charge on any atom is -0.404 e. The number of hydrogen-bond donors (Lipinski definition) is 3. The van der Waals surface area contributed by atoms with Crippen LogP contribution in [0.4, 0.5) is 42.1 Å². The Balaban J connectivity index is 1.62. The summed E-state index contributed by atoms with van der Waals surface area (Å²) in [7, 11) is -1.52. The van der Waals surface area contributed by atoms with Crippen LogP contribution in [0.15, 0.2) is 41.3 Å². The molecule has 1 aliphatic rings. The van der Waals surface area contributed by atoms with Gasteiger partial charge in [0.1, 0.15) is 6.17 Å². The lowest BCUT2D eigenvalue weighted by atomic mass is 10.0. The molecule has 228 valence electrons. The minimum atomic E-state index is -5.07. The largest absolute Gasteiger partial charge is 0.573 e. The maximum atomic E-state index is 14.7. The highest BCUT2D eigenvalue weighted by molar-refractivity contribution is 7.91. The number of nitrogens with zero attached hydrogens (tertiary/aromatic N) is 1. The molecule has 0 bridgehead atoms. The number of benzene rings is 2. The molecule has 1 unspecified atom stereocenters. The second-order valence-corrected chi connectivity index (χ2v) is 13.1. The first kappa shape index (κ1) is 31.7. The maximum absolute atomic E-state index is 14.7. The first-order chi connectivity index (χ1) is 19.5. The molecule has 0 amide bonds. The Morgan fingerprint density at radius 3 is 2.55 bits per heavy atom. The Morgan fingerprint density at radius 2 is 1.90 bits per heavy atom. The summed E-state index contributed by atoms with van der Waals surface area (Å²) >= 11 is 1.02. The molecule has 0 aliphatic carbocycles. The zero-order valence-corrected chi connectivity index (χ0v) is 24.0. The monoisotopic (exact) mass is 636 g/mol. The van der Waals surface area contributed by atoms with Crippen molar-refractivity contribution in [2.45, 2.75) is 42.5 Å². The van der Waals surface area contributed by atoms with Gasteiger partial charge in [0, 0.05) is 19.3 Å². The van der Waals surface area contributed by atoms with Gasteiger partial charge in [-0.25, -0.2) is 13.4 Å². The van der Waals surface area contributed by atoms with E-state index in [2.05, 4.69) is 27.2 Å². The Bertz CT molecular complexity index is 1610. The molecule has 2 aromatic carbocycles. The van der Waals surface area contributed by atoms with E-state index >= 15 is 0 Å². The van der Waals surface area contributed by atoms with Crippen LogP contribution in [0, 0.1) is 16.6 Å². The standard InChI is InChI=1S/C27H27F7N4O2S2/c1-38-12-10-20(19(28)15-38)37-22-6-3-5-17-18(14-26(29,30)31)24(41-25(17)22)7-4-11-36-21-9-8-16(42(2,35)39)13-23(21)40-27(32,33)34/h3,5-6,8-9,13,19-20,35-37H,10-12,14-15H2,1-2H3/t19-,20+,42?/m1/s1. The molecule has 0 radical (unpaired) electrons. The first-order valence-electron chi connectivity index (χ1n) is 12.6. The molecule has 1 aromatic heterocycles. The van der Waals surface area contributed by atoms with Crippen LogP contribution in [-0.2, 0) is 16.1 Å². The fraction of sp³-hybridized carbons (Fsp3) is 0.407. The van der Waals surface area contributed by atoms with Crippen molar-refractivity contribution in [1.29, 1.82) is 4.78 Å². The van der Waals surface area contributed by atoms with E-state index in [0.29, 0.717) is 28.7 Å². The number of likely N-dealkylation sites (tertiary alicyclic amines) is 1. The summed E-state index contributed by atoms with van der Waals surface area (Å²) in [5.74, 6) is 4.63. The number of thiophene rings is 1. The van der Waals surface area contributed by atoms with Crippen molar-refractivity contribution < 1.29 is 39.7 Å². The van der Waals surface area contributed by atoms with Crippen molar-refractivity contribution in [2.75, 3.05) is 43.6 Å². The van der Waals surface area contributed by atoms with Crippen LogP contribution in [-0.4, -0.2) is 66.8 Å². The van der Waals surface area contributed by atoms with Gasteiger partial charge in [-0.05, 0) is 48.7 Å². The van der Waals surface area contributed by atoms with Gasteiger partial charge in [0.25, 0.3) is 0 Å². The number of fused-ring (bicyclic) bond motifs is 1. The van der Waals surface area contributed by atoms with E-state index in [1.165, 1.54) is 6.07 Å². The highest BCUT2D eigenvalue weighted by Gasteiger charge is 2.33. The van der Waals surface area contributed by atoms with Crippen LogP contribution in [0.2, 0.25) is 0 Å². The van der Waals surface area contributed by atoms with Gasteiger partial charge in [0.2, 0.25) is 0 Å². The van der Waals surface area contributed by atoms with Crippen LogP contribution < -0.4 is 15.4 Å². The second kappa shape index (κ2) is 12.2. The molecule has 4 rings (SSSR count). The summed E-state index contributed by atoms with van der Waals surface area (Å²) in [5.41, 5.74) is 0.295. The Labute approximate surface area is 242 Å². The zero-order chi connectivity index (χ0) is 30.9. The van der Waals surface area contributed by atoms with Crippen molar-refractivity contribution >= 4 is 42.5 Å². The summed E-state index contributed by atoms with van der Waals surface area (Å²) in [6, 6.07) is 7.52. The number of anilines is 2. The van der Waals surface area contributed by atoms with E-state index in [-0.39, 0.29) is 34.1 Å². The summed E-state index contributed by atoms with van der Waals surface area (Å²) in [5, 5.41) is 6.12. The smallest absolute Gasteiger partial charge is 0.404 e. The fourth-order valence-corrected chi connectivity index (χ4v) is 6.37. The Morgan fingerprint density at radius 1 is 1.17 bits per heavy atom. The van der Waals surface area contributed by atoms with Gasteiger partial charge in [-0.15, -0.1) is 24.5 Å². The predicted octanol–water partition coefficient (Wildman–Crippen LogP) is 6.86. The summed E-state index contributed by atoms with van der Waals surface area (Å²) in [4.78, 5) is 1.81. The van der Waals surface area contributed by atoms with Gasteiger partial charge in [-0.2, -0.15) is 13.2 Å². The van der Waals surface area contributed by atoms with E-state index in [9.17, 15) is 34.9 Å². The van der Waals surface area contributed by atoms with E-state index < -0.39 is 46.7 Å². The minimum absolute atomic E-state index is 0.0441. The van der Waals surface area contributed by atoms with Crippen LogP contribution in [0.5, 0.6) is 5.75 Å². The molecule has 3 N–H and O–H groups in total. The number of rotatable bonds is 7. The topological polar surface area (TPSA) is 77.5 Å². The van der Waals surface area contributed by atoms with E-state index in [1.54, 1.807) is 18.2 Å². The summed E-state index contributed by atoms with van der Waals surface area (Å²) < 4.78 is 118. The Kier molecular flexibility index (Phi) is 9.19. The average molecular weight is 637 g/mol. The van der Waals surface area contributed by atoms with Gasteiger partial charge in [0.05, 0.1) is 54.6 Å². The molecule has 0 saturated carbocycles. The third-order valence-electron chi connectivity index (χ3n) is 6.48. The lowest BCUT2D eigenvalue weighted by Crippen LogP contribution is -2.46. The van der Waals surface area contributed by atoms with Crippen molar-refractivity contribution in [3.63, 3.8) is 0 Å². The van der Waals surface area contributed by atoms with E-state index in [0.717, 1.165) is 29.7 Å². The van der Waals surface area contributed by atoms with Crippen molar-refractivity contribution in [3.8, 4) is 17.6 Å². The molecule has 2 heterocycles. The third-order valence-corrected chi connectivity index (χ3v) is 8.83. The SMILES string of the molecule is CN1CC[C@H](Nc2cccc3c(CC(F)(F)F)c(C#CCNc4ccc(S(C)(=N)=O)cc4OC(F)(F)F)sc23)[C@H](F)C1. The molecule has 0 spiro atoms. The van der Waals surface area contributed by atoms with Crippen LogP contribution >= 0.6 is 11.3 Å². The maximum Gasteiger partial charge on any atom is 0.573 e. The molecule has 15 heteroatoms. The molecule has 1 saturated heterocycles. The van der Waals surface area contributed by atoms with Crippen molar-refractivity contribution in [3.05, 3.63) is 46.8 Å². The fourth-order valence-electron chi connectivity index (χ4n) is 4.54. The number of halogens is 7. The molecular formula is C27H27F7N4O2S2. The average Bonchev–Trinajstić information content (AvgIpc) is 3.19. The lowest BCUT2D eigenvalue weighted by Gasteiger charge is -2.33. The number of piperidine rings is 1. The molecule has 1 aliphatic heterocycles.